The van der Waals surface area contributed by atoms with Gasteiger partial charge in [0, 0.05) is 4.91 Å². The van der Waals surface area contributed by atoms with Gasteiger partial charge in [-0.25, -0.2) is 8.42 Å². The molecule has 0 saturated carbocycles. The Kier molecular flexibility index (Phi) is 7.19. The summed E-state index contributed by atoms with van der Waals surface area (Å²) in [7, 11) is -4.20. The van der Waals surface area contributed by atoms with Crippen LogP contribution in [0.15, 0.2) is 11.5 Å². The summed E-state index contributed by atoms with van der Waals surface area (Å²) in [5.41, 5.74) is 0. The normalized spacial score (nSPS) is 10.0. The molecule has 0 radical (unpaired) electrons. The van der Waals surface area contributed by atoms with Crippen molar-refractivity contribution in [1.82, 2.24) is 0 Å². The molecule has 0 N–H and O–H groups in total. The topological polar surface area (TPSA) is 57.2 Å². The molecule has 48 valence electrons. The van der Waals surface area contributed by atoms with E-state index in [1.807, 2.05) is 0 Å². The molecule has 0 bridgehead atoms. The summed E-state index contributed by atoms with van der Waals surface area (Å²) in [6, 6.07) is 0. The van der Waals surface area contributed by atoms with E-state index in [9.17, 15) is 13.0 Å². The zero-order chi connectivity index (χ0) is 6.78. The first-order chi connectivity index (χ1) is 3.48. The molecule has 0 atom stereocenters. The standard InChI is InChI=1S/C4H8O3S.K/c1-3-4(2)8(5,6)7;/h2-3H2,1H3,(H,5,6,7);/q;+1/p-1. The van der Waals surface area contributed by atoms with E-state index in [-0.39, 0.29) is 62.7 Å². The SMILES string of the molecule is C=C(CC)S(=O)(=O)[O-].[K+]. The minimum absolute atomic E-state index is 0. The van der Waals surface area contributed by atoms with Crippen molar-refractivity contribution in [3.05, 3.63) is 11.5 Å². The van der Waals surface area contributed by atoms with Crippen LogP contribution in [0.4, 0.5) is 0 Å². The smallest absolute Gasteiger partial charge is 0.744 e. The Balaban J connectivity index is 0. The largest absolute Gasteiger partial charge is 1.00 e. The molecular formula is C4H7KO3S. The third-order valence-corrected chi connectivity index (χ3v) is 1.74. The van der Waals surface area contributed by atoms with Crippen LogP contribution in [0, 0.1) is 0 Å². The van der Waals surface area contributed by atoms with E-state index >= 15 is 0 Å². The number of hydrogen-bond acceptors (Lipinski definition) is 3. The van der Waals surface area contributed by atoms with Gasteiger partial charge >= 0.3 is 51.4 Å². The van der Waals surface area contributed by atoms with Crippen LogP contribution in [0.3, 0.4) is 0 Å². The van der Waals surface area contributed by atoms with Gasteiger partial charge in [0.1, 0.15) is 10.1 Å². The van der Waals surface area contributed by atoms with Gasteiger partial charge in [0.2, 0.25) is 0 Å². The van der Waals surface area contributed by atoms with Crippen molar-refractivity contribution >= 4 is 10.1 Å². The van der Waals surface area contributed by atoms with Crippen LogP contribution in [0.1, 0.15) is 13.3 Å². The van der Waals surface area contributed by atoms with Crippen molar-refractivity contribution in [2.24, 2.45) is 0 Å². The Morgan fingerprint density at radius 3 is 2.00 bits per heavy atom. The summed E-state index contributed by atoms with van der Waals surface area (Å²) >= 11 is 0. The fraction of sp³-hybridized carbons (Fsp3) is 0.500. The summed E-state index contributed by atoms with van der Waals surface area (Å²) in [4.78, 5) is -0.252. The molecule has 0 spiro atoms. The minimum atomic E-state index is -4.20. The van der Waals surface area contributed by atoms with Crippen LogP contribution in [0.5, 0.6) is 0 Å². The van der Waals surface area contributed by atoms with Crippen molar-refractivity contribution < 1.29 is 64.4 Å². The molecule has 0 aromatic rings. The van der Waals surface area contributed by atoms with E-state index in [0.717, 1.165) is 0 Å². The summed E-state index contributed by atoms with van der Waals surface area (Å²) in [6.07, 6.45) is 0.200. The van der Waals surface area contributed by atoms with Gasteiger partial charge in [-0.2, -0.15) is 0 Å². The van der Waals surface area contributed by atoms with Crippen LogP contribution in [-0.4, -0.2) is 13.0 Å². The maximum atomic E-state index is 9.91. The third-order valence-electron chi connectivity index (χ3n) is 0.748. The number of allylic oxidation sites excluding steroid dienone is 1. The fourth-order valence-electron chi connectivity index (χ4n) is 0.177. The molecule has 0 amide bonds. The molecule has 3 nitrogen and oxygen atoms in total. The molecule has 0 aromatic heterocycles. The minimum Gasteiger partial charge on any atom is -0.744 e. The van der Waals surface area contributed by atoms with E-state index in [2.05, 4.69) is 6.58 Å². The second-order valence-electron chi connectivity index (χ2n) is 1.35. The van der Waals surface area contributed by atoms with Gasteiger partial charge in [-0.3, -0.25) is 0 Å². The van der Waals surface area contributed by atoms with Crippen LogP contribution in [-0.2, 0) is 10.1 Å². The van der Waals surface area contributed by atoms with Gasteiger partial charge in [-0.15, -0.1) is 0 Å². The zero-order valence-electron chi connectivity index (χ0n) is 5.55. The average molecular weight is 174 g/mol. The molecule has 0 saturated heterocycles. The van der Waals surface area contributed by atoms with Crippen molar-refractivity contribution in [2.75, 3.05) is 0 Å². The predicted molar refractivity (Wildman–Crippen MR) is 29.1 cm³/mol. The molecule has 9 heavy (non-hydrogen) atoms. The van der Waals surface area contributed by atoms with E-state index in [1.54, 1.807) is 6.92 Å². The Morgan fingerprint density at radius 1 is 1.67 bits per heavy atom. The maximum absolute atomic E-state index is 9.91. The molecule has 0 unspecified atom stereocenters. The Morgan fingerprint density at radius 2 is 2.00 bits per heavy atom. The van der Waals surface area contributed by atoms with Crippen molar-refractivity contribution in [3.8, 4) is 0 Å². The fourth-order valence-corrected chi connectivity index (χ4v) is 0.530. The quantitative estimate of drug-likeness (QED) is 0.342. The number of rotatable bonds is 2. The molecule has 0 heterocycles. The molecule has 5 heteroatoms. The molecule has 0 aliphatic carbocycles. The van der Waals surface area contributed by atoms with Crippen LogP contribution in [0.25, 0.3) is 0 Å². The van der Waals surface area contributed by atoms with Crippen LogP contribution < -0.4 is 51.4 Å². The first kappa shape index (κ1) is 12.9. The summed E-state index contributed by atoms with van der Waals surface area (Å²) in [5, 5.41) is 0. The monoisotopic (exact) mass is 174 g/mol. The van der Waals surface area contributed by atoms with Crippen LogP contribution in [0.2, 0.25) is 0 Å². The summed E-state index contributed by atoms with van der Waals surface area (Å²) < 4.78 is 29.7. The van der Waals surface area contributed by atoms with Crippen molar-refractivity contribution in [2.45, 2.75) is 13.3 Å². The van der Waals surface area contributed by atoms with Crippen molar-refractivity contribution in [1.29, 1.82) is 0 Å². The Bertz CT molecular complexity index is 182. The number of hydrogen-bond donors (Lipinski definition) is 0. The van der Waals surface area contributed by atoms with Gasteiger partial charge < -0.3 is 4.55 Å². The third kappa shape index (κ3) is 5.72. The Hall–Kier alpha value is 1.29. The van der Waals surface area contributed by atoms with E-state index in [0.29, 0.717) is 0 Å². The first-order valence-electron chi connectivity index (χ1n) is 2.12. The van der Waals surface area contributed by atoms with Crippen molar-refractivity contribution in [3.63, 3.8) is 0 Å². The second kappa shape index (κ2) is 5.01. The predicted octanol–water partition coefficient (Wildman–Crippen LogP) is -2.54. The van der Waals surface area contributed by atoms with Gasteiger partial charge in [0.15, 0.2) is 0 Å². The van der Waals surface area contributed by atoms with E-state index in [1.165, 1.54) is 0 Å². The average Bonchev–Trinajstić information content (AvgIpc) is 1.62. The van der Waals surface area contributed by atoms with E-state index < -0.39 is 10.1 Å². The maximum Gasteiger partial charge on any atom is 1.00 e. The first-order valence-corrected chi connectivity index (χ1v) is 3.53. The molecule has 0 rings (SSSR count). The van der Waals surface area contributed by atoms with Crippen LogP contribution >= 0.6 is 0 Å². The molecule has 0 aromatic carbocycles. The summed E-state index contributed by atoms with van der Waals surface area (Å²) in [6.45, 7) is 4.61. The molecule has 0 aliphatic rings. The molecule has 0 fully saturated rings. The Labute approximate surface area is 97.7 Å². The van der Waals surface area contributed by atoms with Gasteiger partial charge in [0.05, 0.1) is 0 Å². The molecular weight excluding hydrogens is 167 g/mol. The zero-order valence-corrected chi connectivity index (χ0v) is 9.49. The van der Waals surface area contributed by atoms with Gasteiger partial charge in [-0.1, -0.05) is 13.5 Å². The second-order valence-corrected chi connectivity index (χ2v) is 2.83. The van der Waals surface area contributed by atoms with Gasteiger partial charge in [-0.05, 0) is 6.42 Å². The molecule has 0 aliphatic heterocycles. The summed E-state index contributed by atoms with van der Waals surface area (Å²) in [5.74, 6) is 0. The van der Waals surface area contributed by atoms with Gasteiger partial charge in [0.25, 0.3) is 0 Å². The van der Waals surface area contributed by atoms with E-state index in [4.69, 9.17) is 0 Å².